The fourth-order valence-electron chi connectivity index (χ4n) is 2.18. The molecule has 1 aromatic heterocycles. The van der Waals surface area contributed by atoms with Gasteiger partial charge >= 0.3 is 0 Å². The largest absolute Gasteiger partial charge is 0.465 e. The van der Waals surface area contributed by atoms with Crippen molar-refractivity contribution in [1.29, 1.82) is 5.26 Å². The van der Waals surface area contributed by atoms with Gasteiger partial charge in [-0.2, -0.15) is 5.26 Å². The number of hydrogen-bond donors (Lipinski definition) is 0. The maximum atomic E-state index is 8.97. The van der Waals surface area contributed by atoms with Crippen molar-refractivity contribution in [1.82, 2.24) is 0 Å². The van der Waals surface area contributed by atoms with E-state index in [0.29, 0.717) is 5.92 Å². The van der Waals surface area contributed by atoms with Gasteiger partial charge in [0, 0.05) is 12.0 Å². The molecule has 0 N–H and O–H groups in total. The summed E-state index contributed by atoms with van der Waals surface area (Å²) in [6.45, 7) is 4.05. The van der Waals surface area contributed by atoms with Crippen LogP contribution in [0.25, 0.3) is 0 Å². The van der Waals surface area contributed by atoms with Gasteiger partial charge in [-0.1, -0.05) is 6.92 Å². The standard InChI is InChI=1S/C11H13NO/c1-7-4-3-5-10-11(7)9(6-12)8(2)13-10/h7H,3-5H2,1-2H3. The van der Waals surface area contributed by atoms with Gasteiger partial charge in [0.25, 0.3) is 0 Å². The second kappa shape index (κ2) is 2.92. The molecule has 0 saturated heterocycles. The number of aryl methyl sites for hydroxylation is 2. The van der Waals surface area contributed by atoms with Gasteiger partial charge in [0.1, 0.15) is 17.6 Å². The molecule has 1 unspecified atom stereocenters. The van der Waals surface area contributed by atoms with E-state index in [0.717, 1.165) is 23.5 Å². The van der Waals surface area contributed by atoms with Crippen LogP contribution in [0.15, 0.2) is 4.42 Å². The number of hydrogen-bond acceptors (Lipinski definition) is 2. The molecule has 13 heavy (non-hydrogen) atoms. The van der Waals surface area contributed by atoms with Crippen molar-refractivity contribution in [3.63, 3.8) is 0 Å². The summed E-state index contributed by atoms with van der Waals surface area (Å²) >= 11 is 0. The molecule has 0 saturated carbocycles. The highest BCUT2D eigenvalue weighted by atomic mass is 16.3. The molecule has 0 aromatic carbocycles. The molecule has 0 bridgehead atoms. The minimum absolute atomic E-state index is 0.496. The molecule has 0 aliphatic heterocycles. The van der Waals surface area contributed by atoms with Crippen LogP contribution in [0.2, 0.25) is 0 Å². The highest BCUT2D eigenvalue weighted by Gasteiger charge is 2.25. The van der Waals surface area contributed by atoms with Gasteiger partial charge < -0.3 is 4.42 Å². The number of nitriles is 1. The summed E-state index contributed by atoms with van der Waals surface area (Å²) in [5, 5.41) is 8.97. The minimum Gasteiger partial charge on any atom is -0.465 e. The van der Waals surface area contributed by atoms with Gasteiger partial charge in [-0.25, -0.2) is 0 Å². The highest BCUT2D eigenvalue weighted by molar-refractivity contribution is 5.45. The van der Waals surface area contributed by atoms with Gasteiger partial charge in [-0.3, -0.25) is 0 Å². The summed E-state index contributed by atoms with van der Waals surface area (Å²) in [5.74, 6) is 2.34. The Morgan fingerprint density at radius 2 is 2.31 bits per heavy atom. The first-order chi connectivity index (χ1) is 6.24. The quantitative estimate of drug-likeness (QED) is 0.608. The SMILES string of the molecule is Cc1oc2c(c1C#N)C(C)CCC2. The Bertz CT molecular complexity index is 370. The highest BCUT2D eigenvalue weighted by Crippen LogP contribution is 2.36. The maximum absolute atomic E-state index is 8.97. The number of furan rings is 1. The Morgan fingerprint density at radius 1 is 1.54 bits per heavy atom. The molecule has 68 valence electrons. The number of fused-ring (bicyclic) bond motifs is 1. The molecule has 2 nitrogen and oxygen atoms in total. The van der Waals surface area contributed by atoms with Crippen LogP contribution in [0.1, 0.15) is 48.3 Å². The molecule has 0 radical (unpaired) electrons. The van der Waals surface area contributed by atoms with Crippen molar-refractivity contribution in [2.24, 2.45) is 0 Å². The number of rotatable bonds is 0. The lowest BCUT2D eigenvalue weighted by Gasteiger charge is -2.16. The third-order valence-corrected chi connectivity index (χ3v) is 2.84. The van der Waals surface area contributed by atoms with Gasteiger partial charge in [-0.05, 0) is 25.7 Å². The van der Waals surface area contributed by atoms with Crippen LogP contribution in [0.4, 0.5) is 0 Å². The first-order valence-corrected chi connectivity index (χ1v) is 4.76. The molecule has 1 aromatic rings. The van der Waals surface area contributed by atoms with E-state index in [1.165, 1.54) is 18.4 Å². The van der Waals surface area contributed by atoms with Crippen LogP contribution >= 0.6 is 0 Å². The molecule has 0 fully saturated rings. The lowest BCUT2D eigenvalue weighted by atomic mass is 9.86. The second-order valence-corrected chi connectivity index (χ2v) is 3.78. The van der Waals surface area contributed by atoms with Crippen molar-refractivity contribution in [3.8, 4) is 6.07 Å². The van der Waals surface area contributed by atoms with E-state index in [1.54, 1.807) is 0 Å². The average Bonchev–Trinajstić information content (AvgIpc) is 2.42. The van der Waals surface area contributed by atoms with Crippen molar-refractivity contribution in [2.75, 3.05) is 0 Å². The van der Waals surface area contributed by atoms with E-state index >= 15 is 0 Å². The molecular weight excluding hydrogens is 162 g/mol. The average molecular weight is 175 g/mol. The predicted octanol–water partition coefficient (Wildman–Crippen LogP) is 2.90. The Morgan fingerprint density at radius 3 is 3.00 bits per heavy atom. The summed E-state index contributed by atoms with van der Waals surface area (Å²) in [5.41, 5.74) is 1.95. The van der Waals surface area contributed by atoms with Gasteiger partial charge in [0.15, 0.2) is 0 Å². The Hall–Kier alpha value is -1.23. The third-order valence-electron chi connectivity index (χ3n) is 2.84. The first-order valence-electron chi connectivity index (χ1n) is 4.76. The molecule has 1 aliphatic rings. The van der Waals surface area contributed by atoms with Crippen LogP contribution < -0.4 is 0 Å². The van der Waals surface area contributed by atoms with Crippen LogP contribution in [0, 0.1) is 18.3 Å². The van der Waals surface area contributed by atoms with E-state index in [2.05, 4.69) is 13.0 Å². The van der Waals surface area contributed by atoms with E-state index in [1.807, 2.05) is 6.92 Å². The minimum atomic E-state index is 0.496. The van der Waals surface area contributed by atoms with Crippen LogP contribution in [0.3, 0.4) is 0 Å². The van der Waals surface area contributed by atoms with Crippen LogP contribution in [-0.4, -0.2) is 0 Å². The van der Waals surface area contributed by atoms with Crippen molar-refractivity contribution in [2.45, 2.75) is 39.0 Å². The maximum Gasteiger partial charge on any atom is 0.119 e. The fraction of sp³-hybridized carbons (Fsp3) is 0.545. The lowest BCUT2D eigenvalue weighted by Crippen LogP contribution is -2.05. The molecule has 1 heterocycles. The number of nitrogens with zero attached hydrogens (tertiary/aromatic N) is 1. The molecule has 2 rings (SSSR count). The van der Waals surface area contributed by atoms with Gasteiger partial charge in [0.05, 0.1) is 5.56 Å². The summed E-state index contributed by atoms with van der Waals surface area (Å²) < 4.78 is 5.58. The lowest BCUT2D eigenvalue weighted by molar-refractivity contribution is 0.443. The van der Waals surface area contributed by atoms with Crippen LogP contribution in [0.5, 0.6) is 0 Å². The van der Waals surface area contributed by atoms with E-state index in [4.69, 9.17) is 9.68 Å². The predicted molar refractivity (Wildman–Crippen MR) is 49.5 cm³/mol. The fourth-order valence-corrected chi connectivity index (χ4v) is 2.18. The summed E-state index contributed by atoms with van der Waals surface area (Å²) in [6.07, 6.45) is 3.37. The zero-order valence-corrected chi connectivity index (χ0v) is 8.05. The topological polar surface area (TPSA) is 36.9 Å². The third kappa shape index (κ3) is 1.16. The molecule has 1 atom stereocenters. The van der Waals surface area contributed by atoms with E-state index in [9.17, 15) is 0 Å². The normalized spacial score (nSPS) is 20.8. The summed E-state index contributed by atoms with van der Waals surface area (Å²) in [7, 11) is 0. The zero-order valence-electron chi connectivity index (χ0n) is 8.05. The molecule has 0 amide bonds. The van der Waals surface area contributed by atoms with Crippen LogP contribution in [-0.2, 0) is 6.42 Å². The summed E-state index contributed by atoms with van der Waals surface area (Å²) in [6, 6.07) is 2.24. The Labute approximate surface area is 78.2 Å². The van der Waals surface area contributed by atoms with E-state index < -0.39 is 0 Å². The Balaban J connectivity index is 2.60. The Kier molecular flexibility index (Phi) is 1.88. The van der Waals surface area contributed by atoms with Gasteiger partial charge in [-0.15, -0.1) is 0 Å². The van der Waals surface area contributed by atoms with Crippen molar-refractivity contribution < 1.29 is 4.42 Å². The smallest absolute Gasteiger partial charge is 0.119 e. The molecular formula is C11H13NO. The van der Waals surface area contributed by atoms with Gasteiger partial charge in [0.2, 0.25) is 0 Å². The van der Waals surface area contributed by atoms with E-state index in [-0.39, 0.29) is 0 Å². The van der Waals surface area contributed by atoms with Crippen molar-refractivity contribution >= 4 is 0 Å². The van der Waals surface area contributed by atoms with Crippen molar-refractivity contribution in [3.05, 3.63) is 22.6 Å². The summed E-state index contributed by atoms with van der Waals surface area (Å²) in [4.78, 5) is 0. The molecule has 2 heteroatoms. The zero-order chi connectivity index (χ0) is 9.42. The molecule has 0 spiro atoms. The molecule has 1 aliphatic carbocycles. The second-order valence-electron chi connectivity index (χ2n) is 3.78. The first kappa shape index (κ1) is 8.37. The monoisotopic (exact) mass is 175 g/mol.